The Morgan fingerprint density at radius 1 is 1.17 bits per heavy atom. The summed E-state index contributed by atoms with van der Waals surface area (Å²) in [6, 6.07) is 17.7. The van der Waals surface area contributed by atoms with Gasteiger partial charge in [-0.2, -0.15) is 10.5 Å². The van der Waals surface area contributed by atoms with E-state index in [0.717, 1.165) is 16.5 Å². The van der Waals surface area contributed by atoms with Crippen molar-refractivity contribution in [2.45, 2.75) is 12.6 Å². The number of benzene rings is 2. The fourth-order valence-corrected chi connectivity index (χ4v) is 3.06. The topological polar surface area (TPSA) is 108 Å². The van der Waals surface area contributed by atoms with Crippen LogP contribution < -0.4 is 4.74 Å². The minimum absolute atomic E-state index is 0.0113. The smallest absolute Gasteiger partial charge is 0.337 e. The number of aliphatic hydroxyl groups excluding tert-OH is 1. The average Bonchev–Trinajstić information content (AvgIpc) is 3.13. The van der Waals surface area contributed by atoms with Crippen molar-refractivity contribution in [2.24, 2.45) is 0 Å². The zero-order valence-electron chi connectivity index (χ0n) is 16.3. The number of carbonyl (C=O) groups is 1. The van der Waals surface area contributed by atoms with Crippen molar-refractivity contribution >= 4 is 22.9 Å². The van der Waals surface area contributed by atoms with Crippen LogP contribution in [0.25, 0.3) is 17.0 Å². The summed E-state index contributed by atoms with van der Waals surface area (Å²) in [6.07, 6.45) is 2.53. The number of allylic oxidation sites excluding steroid dienone is 1. The molecule has 1 aromatic heterocycles. The number of para-hydroxylation sites is 1. The second kappa shape index (κ2) is 9.42. The molecule has 7 nitrogen and oxygen atoms in total. The predicted octanol–water partition coefficient (Wildman–Crippen LogP) is 3.30. The number of fused-ring (bicyclic) bond motifs is 1. The molecular formula is C23H19N3O4. The highest BCUT2D eigenvalue weighted by molar-refractivity contribution is 5.91. The second-order valence-electron chi connectivity index (χ2n) is 6.52. The third-order valence-corrected chi connectivity index (χ3v) is 4.49. The first-order valence-electron chi connectivity index (χ1n) is 9.14. The number of ether oxygens (including phenoxy) is 2. The van der Waals surface area contributed by atoms with E-state index in [2.05, 4.69) is 4.74 Å². The minimum Gasteiger partial charge on any atom is -0.491 e. The molecule has 0 amide bonds. The average molecular weight is 401 g/mol. The summed E-state index contributed by atoms with van der Waals surface area (Å²) in [5.41, 5.74) is 2.03. The first-order chi connectivity index (χ1) is 14.5. The molecule has 0 radical (unpaired) electrons. The molecular weight excluding hydrogens is 382 g/mol. The van der Waals surface area contributed by atoms with E-state index in [1.54, 1.807) is 30.5 Å². The van der Waals surface area contributed by atoms with Gasteiger partial charge in [0.2, 0.25) is 0 Å². The fraction of sp³-hybridized carbons (Fsp3) is 0.174. The van der Waals surface area contributed by atoms with Crippen LogP contribution in [-0.4, -0.2) is 35.5 Å². The van der Waals surface area contributed by atoms with Crippen LogP contribution in [0, 0.1) is 22.7 Å². The standard InChI is InChI=1S/C23H19N3O4/c1-29-23(28)17-6-8-20(9-7-17)30-15-19(27)14-26-13-18(10-16(11-24)12-25)21-4-2-3-5-22(21)26/h2-10,13,19,27H,14-15H2,1H3. The molecule has 0 bridgehead atoms. The van der Waals surface area contributed by atoms with E-state index in [4.69, 9.17) is 15.3 Å². The van der Waals surface area contributed by atoms with Crippen LogP contribution in [0.15, 0.2) is 60.3 Å². The summed E-state index contributed by atoms with van der Waals surface area (Å²) in [5.74, 6) is 0.0947. The third-order valence-electron chi connectivity index (χ3n) is 4.49. The van der Waals surface area contributed by atoms with Gasteiger partial charge in [0.05, 0.1) is 19.2 Å². The highest BCUT2D eigenvalue weighted by Gasteiger charge is 2.12. The maximum Gasteiger partial charge on any atom is 0.337 e. The number of nitrogens with zero attached hydrogens (tertiary/aromatic N) is 3. The Hall–Kier alpha value is -4.07. The zero-order chi connectivity index (χ0) is 21.5. The SMILES string of the molecule is COC(=O)c1ccc(OCC(O)Cn2cc(C=C(C#N)C#N)c3ccccc32)cc1. The lowest BCUT2D eigenvalue weighted by Gasteiger charge is -2.14. The van der Waals surface area contributed by atoms with Crippen molar-refractivity contribution in [1.82, 2.24) is 4.57 Å². The van der Waals surface area contributed by atoms with E-state index in [-0.39, 0.29) is 18.7 Å². The molecule has 2 aromatic carbocycles. The Balaban J connectivity index is 1.72. The van der Waals surface area contributed by atoms with Gasteiger partial charge in [0.15, 0.2) is 0 Å². The monoisotopic (exact) mass is 401 g/mol. The van der Waals surface area contributed by atoms with E-state index in [1.165, 1.54) is 13.2 Å². The molecule has 30 heavy (non-hydrogen) atoms. The molecule has 0 spiro atoms. The Morgan fingerprint density at radius 3 is 2.53 bits per heavy atom. The van der Waals surface area contributed by atoms with Gasteiger partial charge < -0.3 is 19.1 Å². The van der Waals surface area contributed by atoms with E-state index in [9.17, 15) is 9.90 Å². The van der Waals surface area contributed by atoms with Crippen LogP contribution >= 0.6 is 0 Å². The minimum atomic E-state index is -0.802. The van der Waals surface area contributed by atoms with Gasteiger partial charge in [-0.25, -0.2) is 4.79 Å². The fourth-order valence-electron chi connectivity index (χ4n) is 3.06. The van der Waals surface area contributed by atoms with Crippen molar-refractivity contribution < 1.29 is 19.4 Å². The maximum absolute atomic E-state index is 11.5. The van der Waals surface area contributed by atoms with Gasteiger partial charge in [-0.3, -0.25) is 0 Å². The number of hydrogen-bond acceptors (Lipinski definition) is 6. The van der Waals surface area contributed by atoms with Crippen molar-refractivity contribution in [3.8, 4) is 17.9 Å². The quantitative estimate of drug-likeness (QED) is 0.481. The molecule has 1 N–H and O–H groups in total. The predicted molar refractivity (Wildman–Crippen MR) is 110 cm³/mol. The normalized spacial score (nSPS) is 11.2. The summed E-state index contributed by atoms with van der Waals surface area (Å²) >= 11 is 0. The van der Waals surface area contributed by atoms with Crippen molar-refractivity contribution in [3.05, 3.63) is 71.4 Å². The molecule has 0 aliphatic carbocycles. The lowest BCUT2D eigenvalue weighted by atomic mass is 10.1. The number of hydrogen-bond donors (Lipinski definition) is 1. The molecule has 0 saturated carbocycles. The van der Waals surface area contributed by atoms with Gasteiger partial charge in [-0.1, -0.05) is 18.2 Å². The maximum atomic E-state index is 11.5. The van der Waals surface area contributed by atoms with Crippen LogP contribution in [0.2, 0.25) is 0 Å². The van der Waals surface area contributed by atoms with Crippen molar-refractivity contribution in [2.75, 3.05) is 13.7 Å². The molecule has 0 aliphatic heterocycles. The van der Waals surface area contributed by atoms with Crippen LogP contribution in [0.3, 0.4) is 0 Å². The molecule has 3 rings (SSSR count). The number of nitriles is 2. The van der Waals surface area contributed by atoms with Crippen LogP contribution in [0.1, 0.15) is 15.9 Å². The summed E-state index contributed by atoms with van der Waals surface area (Å²) in [4.78, 5) is 11.5. The summed E-state index contributed by atoms with van der Waals surface area (Å²) in [5, 5.41) is 29.4. The van der Waals surface area contributed by atoms with Gasteiger partial charge in [-0.05, 0) is 36.4 Å². The van der Waals surface area contributed by atoms with Crippen molar-refractivity contribution in [1.29, 1.82) is 10.5 Å². The van der Waals surface area contributed by atoms with Gasteiger partial charge in [0.25, 0.3) is 0 Å². The lowest BCUT2D eigenvalue weighted by molar-refractivity contribution is 0.0600. The summed E-state index contributed by atoms with van der Waals surface area (Å²) in [6.45, 7) is 0.319. The summed E-state index contributed by atoms with van der Waals surface area (Å²) < 4.78 is 12.1. The van der Waals surface area contributed by atoms with Crippen LogP contribution in [0.5, 0.6) is 5.75 Å². The lowest BCUT2D eigenvalue weighted by Crippen LogP contribution is -2.23. The Morgan fingerprint density at radius 2 is 1.87 bits per heavy atom. The number of methoxy groups -OCH3 is 1. The zero-order valence-corrected chi connectivity index (χ0v) is 16.3. The number of carbonyl (C=O) groups excluding carboxylic acids is 1. The van der Waals surface area contributed by atoms with E-state index in [0.29, 0.717) is 11.3 Å². The Bertz CT molecular complexity index is 1150. The highest BCUT2D eigenvalue weighted by Crippen LogP contribution is 2.24. The molecule has 3 aromatic rings. The molecule has 0 aliphatic rings. The summed E-state index contributed by atoms with van der Waals surface area (Å²) in [7, 11) is 1.32. The third kappa shape index (κ3) is 4.67. The number of rotatable bonds is 7. The van der Waals surface area contributed by atoms with Crippen LogP contribution in [-0.2, 0) is 11.3 Å². The first kappa shape index (κ1) is 20.7. The highest BCUT2D eigenvalue weighted by atomic mass is 16.5. The number of esters is 1. The Kier molecular flexibility index (Phi) is 6.49. The van der Waals surface area contributed by atoms with Crippen molar-refractivity contribution in [3.63, 3.8) is 0 Å². The molecule has 1 atom stereocenters. The number of aliphatic hydroxyl groups is 1. The van der Waals surface area contributed by atoms with Gasteiger partial charge in [0, 0.05) is 22.7 Å². The molecule has 0 saturated heterocycles. The van der Waals surface area contributed by atoms with Crippen LogP contribution in [0.4, 0.5) is 0 Å². The second-order valence-corrected chi connectivity index (χ2v) is 6.52. The van der Waals surface area contributed by atoms with Gasteiger partial charge in [-0.15, -0.1) is 0 Å². The molecule has 1 heterocycles. The molecule has 0 fully saturated rings. The van der Waals surface area contributed by atoms with Gasteiger partial charge in [0.1, 0.15) is 36.2 Å². The van der Waals surface area contributed by atoms with E-state index in [1.807, 2.05) is 41.0 Å². The molecule has 150 valence electrons. The first-order valence-corrected chi connectivity index (χ1v) is 9.14. The number of aromatic nitrogens is 1. The Labute approximate surface area is 173 Å². The van der Waals surface area contributed by atoms with E-state index >= 15 is 0 Å². The van der Waals surface area contributed by atoms with E-state index < -0.39 is 12.1 Å². The largest absolute Gasteiger partial charge is 0.491 e. The van der Waals surface area contributed by atoms with Gasteiger partial charge >= 0.3 is 5.97 Å². The molecule has 7 heteroatoms. The molecule has 1 unspecified atom stereocenters.